The van der Waals surface area contributed by atoms with Gasteiger partial charge < -0.3 is 12.4 Å². The minimum absolute atomic E-state index is 0. The summed E-state index contributed by atoms with van der Waals surface area (Å²) in [6.07, 6.45) is 17.4. The van der Waals surface area contributed by atoms with Gasteiger partial charge in [0.05, 0.1) is 24.6 Å². The first-order valence-corrected chi connectivity index (χ1v) is 11.8. The molecule has 0 unspecified atom stereocenters. The average molecular weight is 355 g/mol. The van der Waals surface area contributed by atoms with Crippen molar-refractivity contribution in [2.75, 3.05) is 18.5 Å². The molecular formula is C21H36ClP. The van der Waals surface area contributed by atoms with Crippen LogP contribution in [0.25, 0.3) is 0 Å². The summed E-state index contributed by atoms with van der Waals surface area (Å²) in [4.78, 5) is 0. The minimum Gasteiger partial charge on any atom is -1.00 e. The van der Waals surface area contributed by atoms with Gasteiger partial charge in [-0.3, -0.25) is 0 Å². The zero-order valence-electron chi connectivity index (χ0n) is 15.3. The maximum absolute atomic E-state index is 3.87. The molecule has 0 aliphatic heterocycles. The molecule has 0 spiro atoms. The predicted octanol–water partition coefficient (Wildman–Crippen LogP) is 4.16. The highest BCUT2D eigenvalue weighted by Gasteiger charge is 2.35. The number of benzene rings is 1. The zero-order chi connectivity index (χ0) is 16.1. The molecule has 0 aliphatic rings. The van der Waals surface area contributed by atoms with Crippen molar-refractivity contribution >= 4 is 7.26 Å². The van der Waals surface area contributed by atoms with Crippen LogP contribution in [0.2, 0.25) is 0 Å². The van der Waals surface area contributed by atoms with E-state index in [0.717, 1.165) is 0 Å². The van der Waals surface area contributed by atoms with Crippen molar-refractivity contribution in [1.29, 1.82) is 0 Å². The highest BCUT2D eigenvalue weighted by atomic mass is 35.5. The molecule has 0 saturated heterocycles. The molecule has 132 valence electrons. The Balaban J connectivity index is 0.00000484. The molecule has 0 aromatic heterocycles. The molecule has 1 rings (SSSR count). The van der Waals surface area contributed by atoms with Gasteiger partial charge in [-0.05, 0) is 37.7 Å². The summed E-state index contributed by atoms with van der Waals surface area (Å²) in [7, 11) is -0.826. The standard InChI is InChI=1S/C21H36P.ClH/c1-4-7-10-14-19-22(17-8-5-2,18-9-6-3)20-21-15-12-11-13-16-21;/h4,11-13,15-16H,1,5-10,14,17-20H2,2-3H3;1H/q+1;/p-1. The van der Waals surface area contributed by atoms with E-state index in [1.807, 2.05) is 0 Å². The van der Waals surface area contributed by atoms with Gasteiger partial charge in [-0.1, -0.05) is 63.1 Å². The van der Waals surface area contributed by atoms with Crippen LogP contribution in [-0.4, -0.2) is 18.5 Å². The van der Waals surface area contributed by atoms with Gasteiger partial charge in [0, 0.05) is 7.26 Å². The van der Waals surface area contributed by atoms with Crippen molar-refractivity contribution in [2.24, 2.45) is 0 Å². The quantitative estimate of drug-likeness (QED) is 0.283. The number of rotatable bonds is 13. The summed E-state index contributed by atoms with van der Waals surface area (Å²) in [5, 5.41) is 0. The first-order valence-electron chi connectivity index (χ1n) is 9.26. The Labute approximate surface area is 151 Å². The van der Waals surface area contributed by atoms with Gasteiger partial charge in [-0.15, -0.1) is 6.58 Å². The van der Waals surface area contributed by atoms with Crippen molar-refractivity contribution in [1.82, 2.24) is 0 Å². The number of halogens is 1. The highest BCUT2D eigenvalue weighted by Crippen LogP contribution is 2.63. The molecule has 0 bridgehead atoms. The van der Waals surface area contributed by atoms with Crippen LogP contribution in [0.5, 0.6) is 0 Å². The third-order valence-corrected chi connectivity index (χ3v) is 9.45. The van der Waals surface area contributed by atoms with Crippen LogP contribution < -0.4 is 12.4 Å². The molecule has 2 heteroatoms. The SMILES string of the molecule is C=CCCCC[P+](CCCC)(CCCC)Cc1ccccc1.[Cl-]. The van der Waals surface area contributed by atoms with E-state index >= 15 is 0 Å². The van der Waals surface area contributed by atoms with Gasteiger partial charge in [-0.25, -0.2) is 0 Å². The molecule has 1 aromatic rings. The van der Waals surface area contributed by atoms with Crippen LogP contribution in [0.1, 0.15) is 64.4 Å². The van der Waals surface area contributed by atoms with Crippen LogP contribution in [0.4, 0.5) is 0 Å². The highest BCUT2D eigenvalue weighted by molar-refractivity contribution is 7.75. The van der Waals surface area contributed by atoms with E-state index in [4.69, 9.17) is 0 Å². The lowest BCUT2D eigenvalue weighted by Gasteiger charge is -2.28. The molecule has 1 aromatic carbocycles. The molecule has 0 radical (unpaired) electrons. The smallest absolute Gasteiger partial charge is 0.0842 e. The van der Waals surface area contributed by atoms with Crippen LogP contribution in [-0.2, 0) is 6.16 Å². The van der Waals surface area contributed by atoms with Crippen molar-refractivity contribution in [2.45, 2.75) is 65.0 Å². The summed E-state index contributed by atoms with van der Waals surface area (Å²) in [5.41, 5.74) is 1.58. The molecule has 23 heavy (non-hydrogen) atoms. The Bertz CT molecular complexity index is 380. The molecule has 0 nitrogen and oxygen atoms in total. The first-order chi connectivity index (χ1) is 10.8. The lowest BCUT2D eigenvalue weighted by molar-refractivity contribution is -0.00000488. The fraction of sp³-hybridized carbons (Fsp3) is 0.619. The number of hydrogen-bond donors (Lipinski definition) is 0. The normalized spacial score (nSPS) is 11.0. The van der Waals surface area contributed by atoms with Crippen LogP contribution >= 0.6 is 7.26 Å². The molecule has 0 aliphatic carbocycles. The van der Waals surface area contributed by atoms with Gasteiger partial charge in [0.1, 0.15) is 0 Å². The number of hydrogen-bond acceptors (Lipinski definition) is 0. The van der Waals surface area contributed by atoms with Crippen LogP contribution in [0, 0.1) is 0 Å². The fourth-order valence-corrected chi connectivity index (χ4v) is 8.27. The maximum atomic E-state index is 3.87. The summed E-state index contributed by atoms with van der Waals surface area (Å²) in [5.74, 6) is 0. The maximum Gasteiger partial charge on any atom is 0.0842 e. The van der Waals surface area contributed by atoms with Crippen molar-refractivity contribution < 1.29 is 12.4 Å². The van der Waals surface area contributed by atoms with Crippen LogP contribution in [0.3, 0.4) is 0 Å². The van der Waals surface area contributed by atoms with Gasteiger partial charge in [-0.2, -0.15) is 0 Å². The van der Waals surface area contributed by atoms with Gasteiger partial charge in [0.15, 0.2) is 0 Å². The van der Waals surface area contributed by atoms with E-state index in [1.165, 1.54) is 69.6 Å². The molecular weight excluding hydrogens is 319 g/mol. The van der Waals surface area contributed by atoms with E-state index in [2.05, 4.69) is 56.8 Å². The molecule has 0 N–H and O–H groups in total. The Morgan fingerprint density at radius 1 is 0.870 bits per heavy atom. The van der Waals surface area contributed by atoms with Gasteiger partial charge in [0.2, 0.25) is 0 Å². The topological polar surface area (TPSA) is 0 Å². The molecule has 0 saturated carbocycles. The monoisotopic (exact) mass is 354 g/mol. The van der Waals surface area contributed by atoms with E-state index in [9.17, 15) is 0 Å². The molecule has 0 heterocycles. The Hall–Kier alpha value is -0.320. The first kappa shape index (κ1) is 22.7. The number of unbranched alkanes of at least 4 members (excludes halogenated alkanes) is 4. The molecule has 0 fully saturated rings. The Morgan fingerprint density at radius 2 is 1.43 bits per heavy atom. The third-order valence-electron chi connectivity index (χ3n) is 4.62. The summed E-state index contributed by atoms with van der Waals surface area (Å²) < 4.78 is 0. The second-order valence-electron chi connectivity index (χ2n) is 6.65. The molecule has 0 amide bonds. The minimum atomic E-state index is -0.826. The van der Waals surface area contributed by atoms with E-state index < -0.39 is 7.26 Å². The Morgan fingerprint density at radius 3 is 1.96 bits per heavy atom. The summed E-state index contributed by atoms with van der Waals surface area (Å²) in [6.45, 7) is 8.55. The van der Waals surface area contributed by atoms with E-state index in [0.29, 0.717) is 0 Å². The van der Waals surface area contributed by atoms with E-state index in [-0.39, 0.29) is 12.4 Å². The average Bonchev–Trinajstić information content (AvgIpc) is 2.56. The largest absolute Gasteiger partial charge is 1.00 e. The number of allylic oxidation sites excluding steroid dienone is 1. The van der Waals surface area contributed by atoms with Crippen molar-refractivity contribution in [3.8, 4) is 0 Å². The Kier molecular flexibility index (Phi) is 13.9. The molecule has 0 atom stereocenters. The third kappa shape index (κ3) is 9.53. The fourth-order valence-electron chi connectivity index (χ4n) is 3.27. The van der Waals surface area contributed by atoms with Gasteiger partial charge >= 0.3 is 0 Å². The second-order valence-corrected chi connectivity index (χ2v) is 11.0. The van der Waals surface area contributed by atoms with Crippen molar-refractivity contribution in [3.05, 3.63) is 48.6 Å². The van der Waals surface area contributed by atoms with Crippen LogP contribution in [0.15, 0.2) is 43.0 Å². The predicted molar refractivity (Wildman–Crippen MR) is 106 cm³/mol. The summed E-state index contributed by atoms with van der Waals surface area (Å²) in [6, 6.07) is 11.3. The lowest BCUT2D eigenvalue weighted by atomic mass is 10.2. The lowest BCUT2D eigenvalue weighted by Crippen LogP contribution is -3.00. The van der Waals surface area contributed by atoms with Gasteiger partial charge in [0.25, 0.3) is 0 Å². The summed E-state index contributed by atoms with van der Waals surface area (Å²) >= 11 is 0. The van der Waals surface area contributed by atoms with Crippen molar-refractivity contribution in [3.63, 3.8) is 0 Å². The van der Waals surface area contributed by atoms with E-state index in [1.54, 1.807) is 5.56 Å². The zero-order valence-corrected chi connectivity index (χ0v) is 16.9. The second kappa shape index (κ2) is 14.1.